The van der Waals surface area contributed by atoms with Gasteiger partial charge < -0.3 is 25.4 Å². The van der Waals surface area contributed by atoms with Crippen LogP contribution in [0.3, 0.4) is 0 Å². The van der Waals surface area contributed by atoms with Crippen molar-refractivity contribution in [1.29, 1.82) is 0 Å². The SMILES string of the molecule is C.C.CCS.COC(=O)c1ccc(CCl)cc1.COC(=O)c1ccc(CN2CCC3(CCC(=O)c4ccccc4N3)CC2)cc1.O=C1CCC2(CCNCC2)Nc2ccccc21. The Hall–Kier alpha value is -4.68. The van der Waals surface area contributed by atoms with E-state index in [1.807, 2.05) is 79.7 Å². The summed E-state index contributed by atoms with van der Waals surface area (Å²) in [7, 11) is 2.76. The van der Waals surface area contributed by atoms with Gasteiger partial charge in [0.25, 0.3) is 0 Å². The molecule has 0 unspecified atom stereocenters. The molecule has 8 rings (SSSR count). The maximum atomic E-state index is 12.5. The largest absolute Gasteiger partial charge is 0.465 e. The third-order valence-corrected chi connectivity index (χ3v) is 11.9. The average molecular weight is 888 g/mol. The van der Waals surface area contributed by atoms with Crippen LogP contribution in [0.1, 0.15) is 126 Å². The van der Waals surface area contributed by atoms with Gasteiger partial charge in [0.1, 0.15) is 0 Å². The fraction of sp³-hybridized carbons (Fsp3) is 0.440. The summed E-state index contributed by atoms with van der Waals surface area (Å²) >= 11 is 9.37. The summed E-state index contributed by atoms with van der Waals surface area (Å²) in [6, 6.07) is 30.4. The predicted molar refractivity (Wildman–Crippen MR) is 257 cm³/mol. The van der Waals surface area contributed by atoms with E-state index in [2.05, 4.69) is 38.2 Å². The summed E-state index contributed by atoms with van der Waals surface area (Å²) in [6.07, 6.45) is 7.39. The molecular formula is C50H67ClN4O6S. The van der Waals surface area contributed by atoms with Crippen molar-refractivity contribution in [3.8, 4) is 0 Å². The molecule has 0 aromatic heterocycles. The summed E-state index contributed by atoms with van der Waals surface area (Å²) in [4.78, 5) is 49.5. The van der Waals surface area contributed by atoms with Gasteiger partial charge in [0.05, 0.1) is 25.3 Å². The zero-order valence-electron chi connectivity index (χ0n) is 35.1. The number of benzene rings is 4. The van der Waals surface area contributed by atoms with E-state index < -0.39 is 0 Å². The van der Waals surface area contributed by atoms with Gasteiger partial charge in [0.15, 0.2) is 11.6 Å². The van der Waals surface area contributed by atoms with Crippen LogP contribution >= 0.6 is 24.2 Å². The summed E-state index contributed by atoms with van der Waals surface area (Å²) < 4.78 is 9.29. The maximum Gasteiger partial charge on any atom is 0.337 e. The molecule has 2 spiro atoms. The lowest BCUT2D eigenvalue weighted by atomic mass is 9.83. The highest BCUT2D eigenvalue weighted by Gasteiger charge is 2.38. The van der Waals surface area contributed by atoms with Crippen molar-refractivity contribution in [2.75, 3.05) is 56.8 Å². The third kappa shape index (κ3) is 14.2. The highest BCUT2D eigenvalue weighted by atomic mass is 35.5. The highest BCUT2D eigenvalue weighted by Crippen LogP contribution is 2.37. The third-order valence-electron chi connectivity index (χ3n) is 11.6. The topological polar surface area (TPSA) is 126 Å². The molecule has 336 valence electrons. The first-order valence-electron chi connectivity index (χ1n) is 20.8. The van der Waals surface area contributed by atoms with Crippen molar-refractivity contribution in [3.05, 3.63) is 130 Å². The molecule has 0 amide bonds. The van der Waals surface area contributed by atoms with Gasteiger partial charge in [-0.25, -0.2) is 9.59 Å². The Morgan fingerprint density at radius 1 is 0.645 bits per heavy atom. The molecule has 0 radical (unpaired) electrons. The average Bonchev–Trinajstić information content (AvgIpc) is 3.51. The number of Topliss-reactive ketones (excluding diaryl/α,β-unsaturated/α-hetero) is 2. The molecule has 3 N–H and O–H groups in total. The number of carbonyl (C=O) groups is 4. The lowest BCUT2D eigenvalue weighted by Gasteiger charge is -2.42. The van der Waals surface area contributed by atoms with E-state index in [4.69, 9.17) is 16.3 Å². The van der Waals surface area contributed by atoms with Crippen LogP contribution in [0.4, 0.5) is 11.4 Å². The van der Waals surface area contributed by atoms with Crippen molar-refractivity contribution < 1.29 is 28.7 Å². The minimum Gasteiger partial charge on any atom is -0.465 e. The van der Waals surface area contributed by atoms with Crippen molar-refractivity contribution in [2.45, 2.75) is 96.6 Å². The number of ketones is 2. The second kappa shape index (κ2) is 25.4. The number of halogens is 1. The highest BCUT2D eigenvalue weighted by molar-refractivity contribution is 7.80. The zero-order chi connectivity index (χ0) is 43.0. The van der Waals surface area contributed by atoms with Gasteiger partial charge in [-0.1, -0.05) is 70.3 Å². The van der Waals surface area contributed by atoms with E-state index in [-0.39, 0.29) is 49.4 Å². The molecule has 4 aliphatic heterocycles. The monoisotopic (exact) mass is 886 g/mol. The number of hydrogen-bond donors (Lipinski definition) is 4. The van der Waals surface area contributed by atoms with Gasteiger partial charge in [0.2, 0.25) is 0 Å². The molecule has 2 saturated heterocycles. The van der Waals surface area contributed by atoms with Gasteiger partial charge >= 0.3 is 11.9 Å². The van der Waals surface area contributed by atoms with Crippen LogP contribution in [0.2, 0.25) is 0 Å². The summed E-state index contributed by atoms with van der Waals surface area (Å²) in [6.45, 7) is 6.92. The Labute approximate surface area is 380 Å². The van der Waals surface area contributed by atoms with Crippen LogP contribution in [0.15, 0.2) is 97.1 Å². The lowest BCUT2D eigenvalue weighted by Crippen LogP contribution is -2.48. The fourth-order valence-corrected chi connectivity index (χ4v) is 8.28. The first kappa shape index (κ1) is 51.7. The molecule has 0 aliphatic carbocycles. The molecule has 0 bridgehead atoms. The van der Waals surface area contributed by atoms with Crippen molar-refractivity contribution in [2.24, 2.45) is 0 Å². The van der Waals surface area contributed by atoms with Gasteiger partial charge in [-0.3, -0.25) is 14.5 Å². The smallest absolute Gasteiger partial charge is 0.337 e. The Kier molecular flexibility index (Phi) is 21.2. The number of thiol groups is 1. The number of piperidine rings is 2. The number of methoxy groups -OCH3 is 2. The van der Waals surface area contributed by atoms with Crippen LogP contribution in [0.5, 0.6) is 0 Å². The summed E-state index contributed by atoms with van der Waals surface area (Å²) in [5, 5.41) is 10.7. The van der Waals surface area contributed by atoms with E-state index in [9.17, 15) is 19.2 Å². The number of hydrogen-bond acceptors (Lipinski definition) is 11. The number of carbonyl (C=O) groups excluding carboxylic acids is 4. The van der Waals surface area contributed by atoms with Crippen molar-refractivity contribution >= 4 is 59.1 Å². The van der Waals surface area contributed by atoms with Gasteiger partial charge in [-0.2, -0.15) is 12.6 Å². The maximum absolute atomic E-state index is 12.5. The van der Waals surface area contributed by atoms with E-state index in [0.29, 0.717) is 29.8 Å². The van der Waals surface area contributed by atoms with Crippen LogP contribution in [0.25, 0.3) is 0 Å². The minimum absolute atomic E-state index is 0. The Morgan fingerprint density at radius 3 is 1.47 bits per heavy atom. The van der Waals surface area contributed by atoms with Crippen molar-refractivity contribution in [1.82, 2.24) is 10.2 Å². The van der Waals surface area contributed by atoms with Gasteiger partial charge in [-0.15, -0.1) is 11.6 Å². The van der Waals surface area contributed by atoms with E-state index in [1.165, 1.54) is 19.8 Å². The summed E-state index contributed by atoms with van der Waals surface area (Å²) in [5.41, 5.74) is 7.15. The molecular weight excluding hydrogens is 820 g/mol. The van der Waals surface area contributed by atoms with E-state index >= 15 is 0 Å². The van der Waals surface area contributed by atoms with Crippen LogP contribution in [-0.2, 0) is 21.9 Å². The lowest BCUT2D eigenvalue weighted by molar-refractivity contribution is 0.0592. The molecule has 12 heteroatoms. The van der Waals surface area contributed by atoms with Crippen LogP contribution in [-0.4, -0.2) is 85.6 Å². The Balaban J connectivity index is 0.000000257. The first-order valence-corrected chi connectivity index (χ1v) is 22.0. The number of fused-ring (bicyclic) bond motifs is 2. The Morgan fingerprint density at radius 2 is 1.05 bits per heavy atom. The second-order valence-electron chi connectivity index (χ2n) is 15.6. The number of likely N-dealkylation sites (tertiary alicyclic amines) is 1. The number of ether oxygens (including phenoxy) is 2. The van der Waals surface area contributed by atoms with E-state index in [0.717, 1.165) is 105 Å². The number of nitrogens with zero attached hydrogens (tertiary/aromatic N) is 1. The number of anilines is 2. The van der Waals surface area contributed by atoms with Gasteiger partial charge in [-0.05, 0) is 117 Å². The Bertz CT molecular complexity index is 2030. The van der Waals surface area contributed by atoms with Crippen LogP contribution < -0.4 is 16.0 Å². The van der Waals surface area contributed by atoms with Crippen molar-refractivity contribution in [3.63, 3.8) is 0 Å². The number of alkyl halides is 1. The molecule has 2 fully saturated rings. The number of para-hydroxylation sites is 2. The van der Waals surface area contributed by atoms with E-state index in [1.54, 1.807) is 24.3 Å². The molecule has 0 saturated carbocycles. The van der Waals surface area contributed by atoms with Crippen LogP contribution in [0, 0.1) is 0 Å². The molecule has 62 heavy (non-hydrogen) atoms. The van der Waals surface area contributed by atoms with Gasteiger partial charge in [0, 0.05) is 71.9 Å². The molecule has 0 atom stereocenters. The number of nitrogens with one attached hydrogen (secondary N) is 3. The standard InChI is InChI=1S/C23H26N2O3.C14H18N2O.C9H9ClO2.C2H6S.2CH4/c1-28-22(27)18-8-6-17(7-9-18)16-25-14-12-23(13-15-25)11-10-21(26)19-4-2-3-5-20(19)24-23;17-13-5-6-14(7-9-15-10-8-14)16-12-4-2-1-3-11(12)13;1-12-9(11)8-4-2-7(6-10)3-5-8;1-2-3;;/h2-9,24H,10-16H2,1H3;1-4,15-16H,5-10H2;2-5H,6H2,1H3;3H,2H2,1H3;2*1H4. The predicted octanol–water partition coefficient (Wildman–Crippen LogP) is 10.5. The quantitative estimate of drug-likeness (QED) is 0.0874. The molecule has 4 aliphatic rings. The zero-order valence-corrected chi connectivity index (χ0v) is 36.7. The molecule has 4 aromatic rings. The molecule has 4 aromatic carbocycles. The molecule has 4 heterocycles. The normalized spacial score (nSPS) is 16.9. The summed E-state index contributed by atoms with van der Waals surface area (Å²) in [5.74, 6) is 1.30. The number of rotatable bonds is 5. The fourth-order valence-electron chi connectivity index (χ4n) is 8.11. The minimum atomic E-state index is -0.323. The molecule has 10 nitrogen and oxygen atoms in total. The first-order chi connectivity index (χ1) is 29.1. The second-order valence-corrected chi connectivity index (χ2v) is 16.5. The number of esters is 2.